The number of benzene rings is 1. The van der Waals surface area contributed by atoms with E-state index >= 15 is 0 Å². The lowest BCUT2D eigenvalue weighted by Crippen LogP contribution is -2.13. The number of anilines is 1. The molecule has 0 atom stereocenters. The molecule has 0 spiro atoms. The molecule has 9 heteroatoms. The van der Waals surface area contributed by atoms with Gasteiger partial charge in [0.2, 0.25) is 0 Å². The Morgan fingerprint density at radius 3 is 2.78 bits per heavy atom. The van der Waals surface area contributed by atoms with Crippen molar-refractivity contribution in [1.29, 1.82) is 0 Å². The molecular formula is C14H8Cl3N3O2S. The van der Waals surface area contributed by atoms with Crippen molar-refractivity contribution in [3.8, 4) is 17.1 Å². The van der Waals surface area contributed by atoms with Crippen molar-refractivity contribution in [2.75, 3.05) is 5.32 Å². The quantitative estimate of drug-likeness (QED) is 0.549. The molecular weight excluding hydrogens is 381 g/mol. The summed E-state index contributed by atoms with van der Waals surface area (Å²) in [5, 5.41) is 14.6. The monoisotopic (exact) mass is 387 g/mol. The number of hydrogen-bond donors (Lipinski definition) is 3. The number of amides is 1. The molecule has 0 aliphatic heterocycles. The highest BCUT2D eigenvalue weighted by molar-refractivity contribution is 7.14. The molecule has 0 fully saturated rings. The van der Waals surface area contributed by atoms with Crippen LogP contribution in [-0.4, -0.2) is 21.0 Å². The minimum absolute atomic E-state index is 0.0595. The topological polar surface area (TPSA) is 78.0 Å². The van der Waals surface area contributed by atoms with E-state index in [9.17, 15) is 9.90 Å². The number of carbonyl (C=O) groups is 1. The zero-order valence-corrected chi connectivity index (χ0v) is 14.3. The first-order chi connectivity index (χ1) is 11.0. The summed E-state index contributed by atoms with van der Waals surface area (Å²) in [6.45, 7) is 0. The minimum Gasteiger partial charge on any atom is -0.505 e. The maximum atomic E-state index is 12.3. The summed E-state index contributed by atoms with van der Waals surface area (Å²) in [6.07, 6.45) is 1.78. The molecule has 0 radical (unpaired) electrons. The SMILES string of the molecule is O=C(Nc1nc(-c2ccc[nH]2)cs1)c1c(O)c(Cl)cc(Cl)c1Cl. The normalized spacial score (nSPS) is 10.7. The molecule has 23 heavy (non-hydrogen) atoms. The average molecular weight is 389 g/mol. The lowest BCUT2D eigenvalue weighted by molar-refractivity contribution is 0.102. The number of nitrogens with zero attached hydrogens (tertiary/aromatic N) is 1. The minimum atomic E-state index is -0.649. The van der Waals surface area contributed by atoms with Crippen LogP contribution in [0.3, 0.4) is 0 Å². The Hall–Kier alpha value is -1.73. The fraction of sp³-hybridized carbons (Fsp3) is 0. The van der Waals surface area contributed by atoms with E-state index in [1.54, 1.807) is 11.6 Å². The van der Waals surface area contributed by atoms with E-state index in [0.29, 0.717) is 10.8 Å². The van der Waals surface area contributed by atoms with E-state index in [1.807, 2.05) is 12.1 Å². The van der Waals surface area contributed by atoms with Gasteiger partial charge in [-0.2, -0.15) is 0 Å². The van der Waals surface area contributed by atoms with Crippen LogP contribution in [0.5, 0.6) is 5.75 Å². The molecule has 2 heterocycles. The van der Waals surface area contributed by atoms with Crippen LogP contribution >= 0.6 is 46.1 Å². The summed E-state index contributed by atoms with van der Waals surface area (Å²) in [4.78, 5) is 19.6. The molecule has 1 aromatic carbocycles. The third-order valence-electron chi connectivity index (χ3n) is 2.97. The summed E-state index contributed by atoms with van der Waals surface area (Å²) in [6, 6.07) is 4.98. The molecule has 0 bridgehead atoms. The van der Waals surface area contributed by atoms with Gasteiger partial charge in [0.1, 0.15) is 11.3 Å². The van der Waals surface area contributed by atoms with Crippen molar-refractivity contribution in [1.82, 2.24) is 9.97 Å². The van der Waals surface area contributed by atoms with Crippen molar-refractivity contribution in [3.63, 3.8) is 0 Å². The standard InChI is InChI=1S/C14H8Cl3N3O2S/c15-6-4-7(16)12(21)10(11(6)17)13(22)20-14-19-9(5-23-14)8-2-1-3-18-8/h1-5,18,21H,(H,19,20,22). The first kappa shape index (κ1) is 16.1. The summed E-state index contributed by atoms with van der Waals surface area (Å²) < 4.78 is 0. The Bertz CT molecular complexity index is 852. The number of rotatable bonds is 3. The van der Waals surface area contributed by atoms with Crippen molar-refractivity contribution < 1.29 is 9.90 Å². The smallest absolute Gasteiger partial charge is 0.262 e. The number of aromatic hydroxyl groups is 1. The number of halogens is 3. The van der Waals surface area contributed by atoms with Gasteiger partial charge in [-0.1, -0.05) is 34.8 Å². The van der Waals surface area contributed by atoms with Crippen LogP contribution < -0.4 is 5.32 Å². The zero-order valence-electron chi connectivity index (χ0n) is 11.2. The molecule has 0 saturated carbocycles. The molecule has 0 aliphatic rings. The first-order valence-electron chi connectivity index (χ1n) is 6.24. The molecule has 0 saturated heterocycles. The van der Waals surface area contributed by atoms with Crippen LogP contribution in [0.25, 0.3) is 11.4 Å². The van der Waals surface area contributed by atoms with E-state index in [4.69, 9.17) is 34.8 Å². The molecule has 3 rings (SSSR count). The fourth-order valence-electron chi connectivity index (χ4n) is 1.90. The summed E-state index contributed by atoms with van der Waals surface area (Å²) in [7, 11) is 0. The summed E-state index contributed by atoms with van der Waals surface area (Å²) in [5.74, 6) is -1.08. The predicted molar refractivity (Wildman–Crippen MR) is 93.0 cm³/mol. The van der Waals surface area contributed by atoms with Gasteiger partial charge >= 0.3 is 0 Å². The number of aromatic amines is 1. The number of phenols is 1. The van der Waals surface area contributed by atoms with Crippen molar-refractivity contribution in [3.05, 3.63) is 50.4 Å². The van der Waals surface area contributed by atoms with Gasteiger partial charge in [-0.3, -0.25) is 10.1 Å². The Morgan fingerprint density at radius 1 is 1.30 bits per heavy atom. The van der Waals surface area contributed by atoms with Gasteiger partial charge in [-0.05, 0) is 18.2 Å². The van der Waals surface area contributed by atoms with E-state index in [1.165, 1.54) is 17.4 Å². The Morgan fingerprint density at radius 2 is 2.09 bits per heavy atom. The van der Waals surface area contributed by atoms with Gasteiger partial charge in [0.15, 0.2) is 5.13 Å². The van der Waals surface area contributed by atoms with Crippen molar-refractivity contribution in [2.45, 2.75) is 0 Å². The van der Waals surface area contributed by atoms with Crippen LogP contribution in [-0.2, 0) is 0 Å². The summed E-state index contributed by atoms with van der Waals surface area (Å²) >= 11 is 18.9. The van der Waals surface area contributed by atoms with Gasteiger partial charge in [0, 0.05) is 11.6 Å². The highest BCUT2D eigenvalue weighted by Gasteiger charge is 2.22. The molecule has 0 unspecified atom stereocenters. The molecule has 2 aromatic heterocycles. The Kier molecular flexibility index (Phi) is 4.50. The highest BCUT2D eigenvalue weighted by atomic mass is 35.5. The van der Waals surface area contributed by atoms with E-state index in [-0.39, 0.29) is 20.6 Å². The average Bonchev–Trinajstić information content (AvgIpc) is 3.16. The molecule has 3 aromatic rings. The predicted octanol–water partition coefficient (Wildman–Crippen LogP) is 5.06. The fourth-order valence-corrected chi connectivity index (χ4v) is 3.30. The number of nitrogens with one attached hydrogen (secondary N) is 2. The molecule has 118 valence electrons. The van der Waals surface area contributed by atoms with Gasteiger partial charge in [-0.25, -0.2) is 4.98 Å². The first-order valence-corrected chi connectivity index (χ1v) is 8.26. The number of aromatic nitrogens is 2. The Labute approximate surface area is 149 Å². The number of carbonyl (C=O) groups excluding carboxylic acids is 1. The third-order valence-corrected chi connectivity index (χ3v) is 4.80. The maximum Gasteiger partial charge on any atom is 0.262 e. The van der Waals surface area contributed by atoms with Crippen molar-refractivity contribution in [2.24, 2.45) is 0 Å². The highest BCUT2D eigenvalue weighted by Crippen LogP contribution is 2.38. The third kappa shape index (κ3) is 3.16. The molecule has 5 nitrogen and oxygen atoms in total. The van der Waals surface area contributed by atoms with E-state index in [2.05, 4.69) is 15.3 Å². The zero-order chi connectivity index (χ0) is 16.6. The van der Waals surface area contributed by atoms with Crippen LogP contribution in [0.2, 0.25) is 15.1 Å². The maximum absolute atomic E-state index is 12.3. The second kappa shape index (κ2) is 6.41. The van der Waals surface area contributed by atoms with Crippen LogP contribution in [0.1, 0.15) is 10.4 Å². The lowest BCUT2D eigenvalue weighted by atomic mass is 10.2. The lowest BCUT2D eigenvalue weighted by Gasteiger charge is -2.09. The van der Waals surface area contributed by atoms with Gasteiger partial charge in [0.25, 0.3) is 5.91 Å². The van der Waals surface area contributed by atoms with Gasteiger partial charge in [0.05, 0.1) is 26.5 Å². The van der Waals surface area contributed by atoms with Gasteiger partial charge < -0.3 is 10.1 Å². The van der Waals surface area contributed by atoms with Crippen molar-refractivity contribution >= 4 is 57.2 Å². The molecule has 0 aliphatic carbocycles. The molecule has 3 N–H and O–H groups in total. The number of phenolic OH excluding ortho intramolecular Hbond substituents is 1. The number of thiazole rings is 1. The summed E-state index contributed by atoms with van der Waals surface area (Å²) in [5.41, 5.74) is 1.32. The van der Waals surface area contributed by atoms with Crippen LogP contribution in [0, 0.1) is 0 Å². The second-order valence-corrected chi connectivity index (χ2v) is 6.50. The Balaban J connectivity index is 1.89. The largest absolute Gasteiger partial charge is 0.505 e. The number of hydrogen-bond acceptors (Lipinski definition) is 4. The molecule has 1 amide bonds. The second-order valence-electron chi connectivity index (χ2n) is 4.45. The van der Waals surface area contributed by atoms with Crippen LogP contribution in [0.4, 0.5) is 5.13 Å². The van der Waals surface area contributed by atoms with Crippen LogP contribution in [0.15, 0.2) is 29.8 Å². The number of H-pyrrole nitrogens is 1. The van der Waals surface area contributed by atoms with Gasteiger partial charge in [-0.15, -0.1) is 11.3 Å². The van der Waals surface area contributed by atoms with E-state index in [0.717, 1.165) is 5.69 Å². The van der Waals surface area contributed by atoms with E-state index < -0.39 is 11.7 Å².